The number of hydrogen-bond acceptors (Lipinski definition) is 1. The van der Waals surface area contributed by atoms with Gasteiger partial charge in [0, 0.05) is 16.7 Å². The summed E-state index contributed by atoms with van der Waals surface area (Å²) in [6.45, 7) is 2.59. The second-order valence-electron chi connectivity index (χ2n) is 4.72. The highest BCUT2D eigenvalue weighted by atomic mass is 35.5. The van der Waals surface area contributed by atoms with Gasteiger partial charge in [-0.15, -0.1) is 0 Å². The molecule has 2 aromatic carbocycles. The average molecular weight is 314 g/mol. The summed E-state index contributed by atoms with van der Waals surface area (Å²) in [7, 11) is 0. The van der Waals surface area contributed by atoms with Crippen molar-refractivity contribution in [3.63, 3.8) is 0 Å². The van der Waals surface area contributed by atoms with Gasteiger partial charge in [-0.3, -0.25) is 0 Å². The van der Waals surface area contributed by atoms with Crippen LogP contribution in [-0.2, 0) is 0 Å². The van der Waals surface area contributed by atoms with Crippen LogP contribution in [0.25, 0.3) is 0 Å². The molecular weight excluding hydrogens is 299 g/mol. The first-order chi connectivity index (χ1) is 10.0. The van der Waals surface area contributed by atoms with E-state index in [-0.39, 0.29) is 10.6 Å². The summed E-state index contributed by atoms with van der Waals surface area (Å²) in [5.41, 5.74) is 0.829. The second-order valence-corrected chi connectivity index (χ2v) is 5.13. The zero-order chi connectivity index (χ0) is 15.4. The SMILES string of the molecule is CCCNC(c1ccc(F)cc1F)c1ccc(F)cc1Cl. The molecule has 2 rings (SSSR count). The van der Waals surface area contributed by atoms with E-state index in [9.17, 15) is 13.2 Å². The Morgan fingerprint density at radius 3 is 2.19 bits per heavy atom. The first-order valence-electron chi connectivity index (χ1n) is 6.66. The Bertz CT molecular complexity index is 579. The van der Waals surface area contributed by atoms with E-state index in [1.807, 2.05) is 6.92 Å². The predicted octanol–water partition coefficient (Wildman–Crippen LogP) is 4.85. The van der Waals surface area contributed by atoms with Gasteiger partial charge < -0.3 is 5.32 Å². The third-order valence-electron chi connectivity index (χ3n) is 3.15. The van der Waals surface area contributed by atoms with Crippen molar-refractivity contribution < 1.29 is 13.2 Å². The van der Waals surface area contributed by atoms with Crippen molar-refractivity contribution >= 4 is 11.6 Å². The fourth-order valence-corrected chi connectivity index (χ4v) is 2.42. The molecule has 112 valence electrons. The van der Waals surface area contributed by atoms with Crippen molar-refractivity contribution in [1.29, 1.82) is 0 Å². The summed E-state index contributed by atoms with van der Waals surface area (Å²) in [5, 5.41) is 3.35. The highest BCUT2D eigenvalue weighted by Crippen LogP contribution is 2.30. The lowest BCUT2D eigenvalue weighted by molar-refractivity contribution is 0.532. The van der Waals surface area contributed by atoms with Gasteiger partial charge in [0.2, 0.25) is 0 Å². The van der Waals surface area contributed by atoms with E-state index in [1.54, 1.807) is 0 Å². The van der Waals surface area contributed by atoms with Crippen LogP contribution in [0, 0.1) is 17.5 Å². The number of rotatable bonds is 5. The molecule has 1 N–H and O–H groups in total. The standard InChI is InChI=1S/C16H15ClF3N/c1-2-7-21-16(12-5-3-10(18)8-14(12)17)13-6-4-11(19)9-15(13)20/h3-6,8-9,16,21H,2,7H2,1H3. The molecule has 0 saturated carbocycles. The van der Waals surface area contributed by atoms with Crippen molar-refractivity contribution in [2.75, 3.05) is 6.54 Å². The minimum absolute atomic E-state index is 0.201. The monoisotopic (exact) mass is 313 g/mol. The molecule has 0 aliphatic carbocycles. The molecule has 0 amide bonds. The summed E-state index contributed by atoms with van der Waals surface area (Å²) in [4.78, 5) is 0. The fourth-order valence-electron chi connectivity index (χ4n) is 2.15. The van der Waals surface area contributed by atoms with E-state index in [4.69, 9.17) is 11.6 Å². The van der Waals surface area contributed by atoms with Crippen LogP contribution < -0.4 is 5.32 Å². The molecule has 1 nitrogen and oxygen atoms in total. The Labute approximate surface area is 126 Å². The Balaban J connectivity index is 2.46. The molecule has 0 fully saturated rings. The summed E-state index contributed by atoms with van der Waals surface area (Å²) in [5.74, 6) is -1.77. The number of benzene rings is 2. The van der Waals surface area contributed by atoms with Gasteiger partial charge in [0.25, 0.3) is 0 Å². The van der Waals surface area contributed by atoms with Crippen LogP contribution >= 0.6 is 11.6 Å². The normalized spacial score (nSPS) is 12.4. The van der Waals surface area contributed by atoms with Crippen LogP contribution in [0.1, 0.15) is 30.5 Å². The Kier molecular flexibility index (Phi) is 5.26. The van der Waals surface area contributed by atoms with Crippen molar-refractivity contribution in [3.05, 3.63) is 70.0 Å². The van der Waals surface area contributed by atoms with E-state index in [1.165, 1.54) is 30.3 Å². The molecule has 0 aromatic heterocycles. The highest BCUT2D eigenvalue weighted by Gasteiger charge is 2.20. The molecule has 5 heteroatoms. The summed E-state index contributed by atoms with van der Waals surface area (Å²) in [6, 6.07) is 6.79. The Morgan fingerprint density at radius 1 is 1.00 bits per heavy atom. The Morgan fingerprint density at radius 2 is 1.62 bits per heavy atom. The first-order valence-corrected chi connectivity index (χ1v) is 7.04. The maximum atomic E-state index is 14.0. The number of nitrogens with one attached hydrogen (secondary N) is 1. The van der Waals surface area contributed by atoms with E-state index >= 15 is 0 Å². The molecule has 1 atom stereocenters. The van der Waals surface area contributed by atoms with Crippen molar-refractivity contribution in [3.8, 4) is 0 Å². The number of hydrogen-bond donors (Lipinski definition) is 1. The van der Waals surface area contributed by atoms with Crippen LogP contribution in [0.4, 0.5) is 13.2 Å². The van der Waals surface area contributed by atoms with Crippen LogP contribution in [0.15, 0.2) is 36.4 Å². The molecule has 0 saturated heterocycles. The van der Waals surface area contributed by atoms with Gasteiger partial charge in [-0.25, -0.2) is 13.2 Å². The lowest BCUT2D eigenvalue weighted by atomic mass is 9.97. The smallest absolute Gasteiger partial charge is 0.131 e. The number of halogens is 4. The largest absolute Gasteiger partial charge is 0.306 e. The van der Waals surface area contributed by atoms with Crippen molar-refractivity contribution in [2.45, 2.75) is 19.4 Å². The minimum Gasteiger partial charge on any atom is -0.306 e. The zero-order valence-electron chi connectivity index (χ0n) is 11.5. The maximum absolute atomic E-state index is 14.0. The maximum Gasteiger partial charge on any atom is 0.131 e. The zero-order valence-corrected chi connectivity index (χ0v) is 12.2. The average Bonchev–Trinajstić information content (AvgIpc) is 2.42. The van der Waals surface area contributed by atoms with Gasteiger partial charge in [-0.05, 0) is 36.7 Å². The second kappa shape index (κ2) is 6.96. The highest BCUT2D eigenvalue weighted by molar-refractivity contribution is 6.31. The van der Waals surface area contributed by atoms with Gasteiger partial charge in [-0.2, -0.15) is 0 Å². The summed E-state index contributed by atoms with van der Waals surface area (Å²) < 4.78 is 40.3. The molecule has 0 heterocycles. The van der Waals surface area contributed by atoms with E-state index in [0.717, 1.165) is 12.5 Å². The van der Waals surface area contributed by atoms with Gasteiger partial charge in [0.15, 0.2) is 0 Å². The summed E-state index contributed by atoms with van der Waals surface area (Å²) in [6.07, 6.45) is 0.831. The molecule has 0 spiro atoms. The molecule has 0 radical (unpaired) electrons. The third-order valence-corrected chi connectivity index (χ3v) is 3.47. The van der Waals surface area contributed by atoms with Gasteiger partial charge in [0.1, 0.15) is 17.5 Å². The van der Waals surface area contributed by atoms with Gasteiger partial charge >= 0.3 is 0 Å². The molecule has 0 aliphatic heterocycles. The van der Waals surface area contributed by atoms with Crippen LogP contribution in [0.5, 0.6) is 0 Å². The van der Waals surface area contributed by atoms with Gasteiger partial charge in [0.05, 0.1) is 6.04 Å². The van der Waals surface area contributed by atoms with Crippen molar-refractivity contribution in [2.24, 2.45) is 0 Å². The van der Waals surface area contributed by atoms with Crippen molar-refractivity contribution in [1.82, 2.24) is 5.32 Å². The lowest BCUT2D eigenvalue weighted by Gasteiger charge is -2.21. The van der Waals surface area contributed by atoms with Crippen LogP contribution in [0.2, 0.25) is 5.02 Å². The Hall–Kier alpha value is -1.52. The fraction of sp³-hybridized carbons (Fsp3) is 0.250. The van der Waals surface area contributed by atoms with Crippen LogP contribution in [-0.4, -0.2) is 6.54 Å². The minimum atomic E-state index is -0.663. The van der Waals surface area contributed by atoms with Crippen LogP contribution in [0.3, 0.4) is 0 Å². The lowest BCUT2D eigenvalue weighted by Crippen LogP contribution is -2.24. The summed E-state index contributed by atoms with van der Waals surface area (Å²) >= 11 is 6.06. The topological polar surface area (TPSA) is 12.0 Å². The van der Waals surface area contributed by atoms with E-state index < -0.39 is 23.5 Å². The molecular formula is C16H15ClF3N. The third kappa shape index (κ3) is 3.77. The molecule has 21 heavy (non-hydrogen) atoms. The molecule has 1 unspecified atom stereocenters. The quantitative estimate of drug-likeness (QED) is 0.832. The molecule has 0 bridgehead atoms. The molecule has 0 aliphatic rings. The first kappa shape index (κ1) is 15.9. The predicted molar refractivity (Wildman–Crippen MR) is 77.9 cm³/mol. The molecule has 2 aromatic rings. The van der Waals surface area contributed by atoms with E-state index in [2.05, 4.69) is 5.32 Å². The van der Waals surface area contributed by atoms with E-state index in [0.29, 0.717) is 12.1 Å². The van der Waals surface area contributed by atoms with Gasteiger partial charge in [-0.1, -0.05) is 30.7 Å².